The predicted octanol–water partition coefficient (Wildman–Crippen LogP) is 4.16. The van der Waals surface area contributed by atoms with Crippen LogP contribution < -0.4 is 20.1 Å². The number of benzene rings is 2. The van der Waals surface area contributed by atoms with E-state index in [9.17, 15) is 14.9 Å². The molecule has 0 aliphatic heterocycles. The molecule has 0 atom stereocenters. The minimum absolute atomic E-state index is 0.00828. The molecule has 2 aromatic rings. The number of anilines is 1. The number of nitrogens with zero attached hydrogens (tertiary/aromatic N) is 1. The molecule has 2 aromatic carbocycles. The Balaban J connectivity index is 1.98. The van der Waals surface area contributed by atoms with Crippen LogP contribution in [0.4, 0.5) is 11.4 Å². The van der Waals surface area contributed by atoms with Crippen LogP contribution in [-0.4, -0.2) is 29.7 Å². The molecule has 154 valence electrons. The third kappa shape index (κ3) is 6.72. The summed E-state index contributed by atoms with van der Waals surface area (Å²) < 4.78 is 10.8. The number of thiocarbonyl (C=S) groups is 1. The third-order valence-corrected chi connectivity index (χ3v) is 4.15. The number of non-ortho nitro benzene ring substituents is 1. The number of carbonyl (C=O) groups is 1. The summed E-state index contributed by atoms with van der Waals surface area (Å²) in [5, 5.41) is 16.2. The number of methoxy groups -OCH3 is 1. The molecule has 0 saturated carbocycles. The van der Waals surface area contributed by atoms with Crippen molar-refractivity contribution in [2.24, 2.45) is 5.92 Å². The van der Waals surface area contributed by atoms with Crippen LogP contribution >= 0.6 is 12.2 Å². The van der Waals surface area contributed by atoms with Crippen LogP contribution in [-0.2, 0) is 0 Å². The maximum Gasteiger partial charge on any atom is 0.271 e. The molecule has 0 aromatic heterocycles. The molecule has 2 N–H and O–H groups in total. The highest BCUT2D eigenvalue weighted by molar-refractivity contribution is 7.80. The Morgan fingerprint density at radius 3 is 2.48 bits per heavy atom. The molecule has 0 unspecified atom stereocenters. The smallest absolute Gasteiger partial charge is 0.271 e. The summed E-state index contributed by atoms with van der Waals surface area (Å²) in [6, 6.07) is 10.7. The van der Waals surface area contributed by atoms with E-state index in [4.69, 9.17) is 21.7 Å². The van der Waals surface area contributed by atoms with Gasteiger partial charge < -0.3 is 14.8 Å². The van der Waals surface area contributed by atoms with Crippen LogP contribution in [0.2, 0.25) is 0 Å². The second-order valence-electron chi connectivity index (χ2n) is 6.61. The van der Waals surface area contributed by atoms with E-state index in [1.165, 1.54) is 25.3 Å². The van der Waals surface area contributed by atoms with Gasteiger partial charge in [-0.05, 0) is 54.9 Å². The average Bonchev–Trinajstić information content (AvgIpc) is 2.68. The van der Waals surface area contributed by atoms with Crippen LogP contribution in [0.25, 0.3) is 0 Å². The normalized spacial score (nSPS) is 10.3. The quantitative estimate of drug-likeness (QED) is 0.378. The van der Waals surface area contributed by atoms with E-state index in [2.05, 4.69) is 24.5 Å². The molecule has 0 aliphatic carbocycles. The van der Waals surface area contributed by atoms with Crippen LogP contribution in [0.3, 0.4) is 0 Å². The van der Waals surface area contributed by atoms with E-state index in [0.717, 1.165) is 6.42 Å². The van der Waals surface area contributed by atoms with Crippen molar-refractivity contribution in [3.8, 4) is 11.5 Å². The van der Waals surface area contributed by atoms with Gasteiger partial charge in [-0.3, -0.25) is 20.2 Å². The van der Waals surface area contributed by atoms with E-state index in [1.54, 1.807) is 24.3 Å². The molecule has 0 radical (unpaired) electrons. The van der Waals surface area contributed by atoms with Gasteiger partial charge >= 0.3 is 0 Å². The van der Waals surface area contributed by atoms with Gasteiger partial charge in [0.1, 0.15) is 11.5 Å². The molecule has 0 saturated heterocycles. The molecular formula is C20H23N3O5S. The van der Waals surface area contributed by atoms with Crippen LogP contribution in [0, 0.1) is 16.0 Å². The number of hydrogen-bond donors (Lipinski definition) is 2. The van der Waals surface area contributed by atoms with Crippen molar-refractivity contribution < 1.29 is 19.2 Å². The first-order valence-electron chi connectivity index (χ1n) is 8.97. The number of ether oxygens (including phenoxy) is 2. The van der Waals surface area contributed by atoms with Crippen molar-refractivity contribution in [3.63, 3.8) is 0 Å². The van der Waals surface area contributed by atoms with E-state index in [1.807, 2.05) is 0 Å². The molecule has 29 heavy (non-hydrogen) atoms. The second-order valence-corrected chi connectivity index (χ2v) is 7.01. The lowest BCUT2D eigenvalue weighted by Crippen LogP contribution is -2.34. The Morgan fingerprint density at radius 2 is 1.90 bits per heavy atom. The van der Waals surface area contributed by atoms with Gasteiger partial charge in [0.2, 0.25) is 0 Å². The fourth-order valence-electron chi connectivity index (χ4n) is 2.35. The second kappa shape index (κ2) is 10.4. The zero-order valence-corrected chi connectivity index (χ0v) is 17.2. The Hall–Kier alpha value is -3.20. The largest absolute Gasteiger partial charge is 0.495 e. The van der Waals surface area contributed by atoms with Gasteiger partial charge in [-0.2, -0.15) is 0 Å². The summed E-state index contributed by atoms with van der Waals surface area (Å²) in [7, 11) is 1.43. The summed E-state index contributed by atoms with van der Waals surface area (Å²) in [5.41, 5.74) is 0.549. The van der Waals surface area contributed by atoms with Crippen LogP contribution in [0.1, 0.15) is 30.6 Å². The van der Waals surface area contributed by atoms with Gasteiger partial charge in [0.25, 0.3) is 11.6 Å². The van der Waals surface area contributed by atoms with Crippen molar-refractivity contribution in [1.29, 1.82) is 0 Å². The number of nitro benzene ring substituents is 1. The van der Waals surface area contributed by atoms with Crippen LogP contribution in [0.15, 0.2) is 42.5 Å². The maximum atomic E-state index is 12.4. The van der Waals surface area contributed by atoms with Crippen molar-refractivity contribution in [2.75, 3.05) is 19.0 Å². The van der Waals surface area contributed by atoms with Gasteiger partial charge in [0, 0.05) is 17.7 Å². The van der Waals surface area contributed by atoms with Crippen molar-refractivity contribution in [3.05, 3.63) is 58.1 Å². The fraction of sp³-hybridized carbons (Fsp3) is 0.300. The van der Waals surface area contributed by atoms with Crippen LogP contribution in [0.5, 0.6) is 11.5 Å². The first-order valence-corrected chi connectivity index (χ1v) is 9.38. The minimum Gasteiger partial charge on any atom is -0.495 e. The van der Waals surface area contributed by atoms with Crippen molar-refractivity contribution >= 4 is 34.6 Å². The van der Waals surface area contributed by atoms with Gasteiger partial charge in [-0.25, -0.2) is 0 Å². The molecule has 9 heteroatoms. The first kappa shape index (κ1) is 22.1. The van der Waals surface area contributed by atoms with E-state index in [-0.39, 0.29) is 16.5 Å². The summed E-state index contributed by atoms with van der Waals surface area (Å²) in [6.45, 7) is 4.86. The van der Waals surface area contributed by atoms with Crippen molar-refractivity contribution in [2.45, 2.75) is 20.3 Å². The predicted molar refractivity (Wildman–Crippen MR) is 115 cm³/mol. The molecule has 0 fully saturated rings. The Labute approximate surface area is 174 Å². The summed E-state index contributed by atoms with van der Waals surface area (Å²) in [4.78, 5) is 22.8. The molecule has 8 nitrogen and oxygen atoms in total. The topological polar surface area (TPSA) is 103 Å². The van der Waals surface area contributed by atoms with E-state index >= 15 is 0 Å². The number of nitro groups is 1. The summed E-state index contributed by atoms with van der Waals surface area (Å²) in [5.74, 6) is 1.18. The molecule has 0 bridgehead atoms. The van der Waals surface area contributed by atoms with Gasteiger partial charge in [0.15, 0.2) is 5.11 Å². The lowest BCUT2D eigenvalue weighted by atomic mass is 10.1. The number of amides is 1. The highest BCUT2D eigenvalue weighted by atomic mass is 32.1. The standard InChI is InChI=1S/C20H23N3O5S/c1-13(2)10-11-28-16-7-4-14(5-8-16)19(24)22-20(29)21-17-12-15(23(25)26)6-9-18(17)27-3/h4-9,12-13H,10-11H2,1-3H3,(H2,21,22,24,29). The summed E-state index contributed by atoms with van der Waals surface area (Å²) in [6.07, 6.45) is 0.948. The molecule has 0 aliphatic rings. The number of hydrogen-bond acceptors (Lipinski definition) is 6. The molecule has 1 amide bonds. The fourth-order valence-corrected chi connectivity index (χ4v) is 2.55. The SMILES string of the molecule is COc1ccc([N+](=O)[O-])cc1NC(=S)NC(=O)c1ccc(OCCC(C)C)cc1. The first-order chi connectivity index (χ1) is 13.8. The lowest BCUT2D eigenvalue weighted by molar-refractivity contribution is -0.384. The zero-order valence-electron chi connectivity index (χ0n) is 16.4. The number of nitrogens with one attached hydrogen (secondary N) is 2. The van der Waals surface area contributed by atoms with E-state index in [0.29, 0.717) is 29.6 Å². The van der Waals surface area contributed by atoms with E-state index < -0.39 is 10.8 Å². The highest BCUT2D eigenvalue weighted by Gasteiger charge is 2.14. The third-order valence-electron chi connectivity index (χ3n) is 3.95. The Kier molecular flexibility index (Phi) is 7.90. The molecule has 0 spiro atoms. The molecular weight excluding hydrogens is 394 g/mol. The van der Waals surface area contributed by atoms with Gasteiger partial charge in [-0.1, -0.05) is 13.8 Å². The van der Waals surface area contributed by atoms with Crippen molar-refractivity contribution in [1.82, 2.24) is 5.32 Å². The minimum atomic E-state index is -0.531. The Morgan fingerprint density at radius 1 is 1.21 bits per heavy atom. The van der Waals surface area contributed by atoms with Gasteiger partial charge in [-0.15, -0.1) is 0 Å². The maximum absolute atomic E-state index is 12.4. The zero-order chi connectivity index (χ0) is 21.4. The average molecular weight is 417 g/mol. The highest BCUT2D eigenvalue weighted by Crippen LogP contribution is 2.28. The lowest BCUT2D eigenvalue weighted by Gasteiger charge is -2.13. The Bertz CT molecular complexity index is 884. The van der Waals surface area contributed by atoms with Gasteiger partial charge in [0.05, 0.1) is 24.3 Å². The molecule has 0 heterocycles. The monoisotopic (exact) mass is 417 g/mol. The number of carbonyl (C=O) groups excluding carboxylic acids is 1. The molecule has 2 rings (SSSR count). The number of rotatable bonds is 8. The summed E-state index contributed by atoms with van der Waals surface area (Å²) >= 11 is 5.14.